The molecule has 0 aromatic carbocycles. The first kappa shape index (κ1) is 14.8. The lowest BCUT2D eigenvalue weighted by atomic mass is 11.6. The van der Waals surface area contributed by atoms with Gasteiger partial charge in [0, 0.05) is 0 Å². The van der Waals surface area contributed by atoms with Gasteiger partial charge in [0.25, 0.3) is 0 Å². The van der Waals surface area contributed by atoms with E-state index in [4.69, 9.17) is 0 Å². The highest BCUT2D eigenvalue weighted by atomic mass is 28.5. The highest BCUT2D eigenvalue weighted by molar-refractivity contribution is 6.95. The predicted molar refractivity (Wildman–Crippen MR) is 78.8 cm³/mol. The molecule has 3 radical (unpaired) electrons. The standard InChI is InChI=1S/C8H25N4Si4/c1-10-13-9-14(4)11(2)16(7,8)12(3)15(10,5)6/h9H,1-8H3. The molecule has 16 heavy (non-hydrogen) atoms. The van der Waals surface area contributed by atoms with E-state index < -0.39 is 25.9 Å². The summed E-state index contributed by atoms with van der Waals surface area (Å²) in [6.07, 6.45) is 0. The number of hydrogen-bond acceptors (Lipinski definition) is 4. The Morgan fingerprint density at radius 1 is 1.00 bits per heavy atom. The summed E-state index contributed by atoms with van der Waals surface area (Å²) in [7, 11) is 4.27. The van der Waals surface area contributed by atoms with Crippen LogP contribution in [-0.4, -0.2) is 69.6 Å². The topological polar surface area (TPSA) is 21.8 Å². The minimum absolute atomic E-state index is 0.555. The van der Waals surface area contributed by atoms with Gasteiger partial charge in [0.15, 0.2) is 16.8 Å². The maximum atomic E-state index is 3.74. The zero-order valence-corrected chi connectivity index (χ0v) is 15.8. The zero-order chi connectivity index (χ0) is 12.7. The van der Waals surface area contributed by atoms with Gasteiger partial charge in [-0.3, -0.25) is 0 Å². The lowest BCUT2D eigenvalue weighted by molar-refractivity contribution is 0.563. The van der Waals surface area contributed by atoms with Gasteiger partial charge in [0.1, 0.15) is 0 Å². The van der Waals surface area contributed by atoms with Crippen LogP contribution in [0.1, 0.15) is 0 Å². The molecule has 1 aliphatic heterocycles. The molecular weight excluding hydrogens is 264 g/mol. The molecule has 0 spiro atoms. The number of nitrogens with one attached hydrogen (secondary N) is 1. The van der Waals surface area contributed by atoms with E-state index in [-0.39, 0.29) is 0 Å². The van der Waals surface area contributed by atoms with Crippen molar-refractivity contribution >= 4 is 35.8 Å². The summed E-state index contributed by atoms with van der Waals surface area (Å²) in [5.41, 5.74) is 0. The molecule has 1 rings (SSSR count). The van der Waals surface area contributed by atoms with Crippen molar-refractivity contribution in [2.45, 2.75) is 32.7 Å². The Balaban J connectivity index is 3.07. The van der Waals surface area contributed by atoms with E-state index in [9.17, 15) is 0 Å². The fourth-order valence-corrected chi connectivity index (χ4v) is 17.9. The van der Waals surface area contributed by atoms with Crippen molar-refractivity contribution in [3.63, 3.8) is 0 Å². The fourth-order valence-electron chi connectivity index (χ4n) is 1.92. The minimum atomic E-state index is -1.45. The number of hydrogen-bond donors (Lipinski definition) is 1. The van der Waals surface area contributed by atoms with Crippen molar-refractivity contribution in [2.75, 3.05) is 21.1 Å². The Bertz CT molecular complexity index is 260. The molecule has 1 heterocycles. The SMILES string of the molecule is CN1[Si]N[Si](C)N(C)[Si](C)(C)N(C)[Si]1(C)C. The molecule has 4 nitrogen and oxygen atoms in total. The Hall–Kier alpha value is 0.708. The van der Waals surface area contributed by atoms with E-state index in [1.807, 2.05) is 0 Å². The monoisotopic (exact) mass is 289 g/mol. The molecule has 0 amide bonds. The molecule has 1 N–H and O–H groups in total. The second-order valence-electron chi connectivity index (χ2n) is 5.49. The van der Waals surface area contributed by atoms with Crippen LogP contribution in [-0.2, 0) is 0 Å². The molecule has 0 saturated carbocycles. The van der Waals surface area contributed by atoms with E-state index in [1.54, 1.807) is 0 Å². The van der Waals surface area contributed by atoms with Crippen molar-refractivity contribution in [1.29, 1.82) is 0 Å². The third kappa shape index (κ3) is 2.43. The van der Waals surface area contributed by atoms with Gasteiger partial charge in [-0.25, -0.2) is 0 Å². The van der Waals surface area contributed by atoms with Crippen LogP contribution < -0.4 is 4.65 Å². The van der Waals surface area contributed by atoms with Crippen molar-refractivity contribution in [3.05, 3.63) is 0 Å². The zero-order valence-electron chi connectivity index (χ0n) is 11.8. The van der Waals surface area contributed by atoms with E-state index >= 15 is 0 Å². The molecule has 8 heteroatoms. The highest BCUT2D eigenvalue weighted by Crippen LogP contribution is 2.23. The first-order valence-corrected chi connectivity index (χ1v) is 14.4. The molecule has 0 aromatic heterocycles. The second kappa shape index (κ2) is 4.76. The van der Waals surface area contributed by atoms with Gasteiger partial charge in [-0.15, -0.1) is 0 Å². The highest BCUT2D eigenvalue weighted by Gasteiger charge is 2.46. The third-order valence-electron chi connectivity index (χ3n) is 4.19. The largest absolute Gasteiger partial charge is 0.337 e. The van der Waals surface area contributed by atoms with Gasteiger partial charge in [0.05, 0.1) is 0 Å². The third-order valence-corrected chi connectivity index (χ3v) is 21.9. The van der Waals surface area contributed by atoms with Gasteiger partial charge in [-0.05, 0) is 53.9 Å². The Morgan fingerprint density at radius 2 is 1.50 bits per heavy atom. The van der Waals surface area contributed by atoms with Crippen LogP contribution in [0.4, 0.5) is 0 Å². The second-order valence-corrected chi connectivity index (χ2v) is 19.2. The minimum Gasteiger partial charge on any atom is -0.337 e. The Labute approximate surface area is 107 Å². The quantitative estimate of drug-likeness (QED) is 0.653. The smallest absolute Gasteiger partial charge is 0.234 e. The van der Waals surface area contributed by atoms with E-state index in [0.717, 1.165) is 9.84 Å². The summed E-state index contributed by atoms with van der Waals surface area (Å²) in [5, 5.41) is 0. The maximum Gasteiger partial charge on any atom is 0.234 e. The van der Waals surface area contributed by atoms with Gasteiger partial charge >= 0.3 is 0 Å². The van der Waals surface area contributed by atoms with Crippen LogP contribution in [0, 0.1) is 0 Å². The molecular formula is C8H25N4Si4. The molecule has 1 fully saturated rings. The van der Waals surface area contributed by atoms with Crippen molar-refractivity contribution < 1.29 is 0 Å². The summed E-state index contributed by atoms with van der Waals surface area (Å²) in [5.74, 6) is 0. The molecule has 0 unspecified atom stereocenters. The van der Waals surface area contributed by atoms with Crippen LogP contribution in [0.2, 0.25) is 32.7 Å². The molecule has 0 bridgehead atoms. The van der Waals surface area contributed by atoms with Crippen molar-refractivity contribution in [3.8, 4) is 0 Å². The fraction of sp³-hybridized carbons (Fsp3) is 1.00. The molecule has 0 aliphatic carbocycles. The van der Waals surface area contributed by atoms with Gasteiger partial charge in [0.2, 0.25) is 19.0 Å². The number of rotatable bonds is 0. The number of nitrogens with zero attached hydrogens (tertiary/aromatic N) is 3. The average molecular weight is 290 g/mol. The van der Waals surface area contributed by atoms with Crippen LogP contribution in [0.15, 0.2) is 0 Å². The van der Waals surface area contributed by atoms with E-state index in [2.05, 4.69) is 71.2 Å². The molecule has 0 atom stereocenters. The summed E-state index contributed by atoms with van der Waals surface area (Å²) < 4.78 is 11.7. The van der Waals surface area contributed by atoms with Crippen LogP contribution >= 0.6 is 0 Å². The molecule has 1 saturated heterocycles. The lowest BCUT2D eigenvalue weighted by Gasteiger charge is -2.54. The van der Waals surface area contributed by atoms with Crippen molar-refractivity contribution in [2.24, 2.45) is 0 Å². The van der Waals surface area contributed by atoms with Gasteiger partial charge in [-0.2, -0.15) is 0 Å². The van der Waals surface area contributed by atoms with E-state index in [0.29, 0.717) is 0 Å². The summed E-state index contributed by atoms with van der Waals surface area (Å²) in [6, 6.07) is 0. The van der Waals surface area contributed by atoms with Crippen LogP contribution in [0.25, 0.3) is 0 Å². The molecule has 0 aromatic rings. The van der Waals surface area contributed by atoms with Crippen LogP contribution in [0.3, 0.4) is 0 Å². The van der Waals surface area contributed by atoms with Gasteiger partial charge in [-0.1, -0.05) is 0 Å². The molecule has 1 aliphatic rings. The van der Waals surface area contributed by atoms with Crippen molar-refractivity contribution in [1.82, 2.24) is 17.3 Å². The average Bonchev–Trinajstić information content (AvgIpc) is 2.21. The van der Waals surface area contributed by atoms with Crippen LogP contribution in [0.5, 0.6) is 0 Å². The first-order chi connectivity index (χ1) is 7.11. The maximum absolute atomic E-state index is 3.74. The summed E-state index contributed by atoms with van der Waals surface area (Å²) >= 11 is 0. The molecule has 93 valence electrons. The summed E-state index contributed by atoms with van der Waals surface area (Å²) in [4.78, 5) is 0. The van der Waals surface area contributed by atoms with E-state index in [1.165, 1.54) is 0 Å². The predicted octanol–water partition coefficient (Wildman–Crippen LogP) is 0.441. The normalized spacial score (nSPS) is 30.0. The Kier molecular flexibility index (Phi) is 4.40. The first-order valence-electron chi connectivity index (χ1n) is 5.68. The Morgan fingerprint density at radius 3 is 2.00 bits per heavy atom. The summed E-state index contributed by atoms with van der Waals surface area (Å²) in [6.45, 7) is 12.2. The lowest BCUT2D eigenvalue weighted by Crippen LogP contribution is -2.78. The van der Waals surface area contributed by atoms with Gasteiger partial charge < -0.3 is 17.3 Å².